The molecule has 0 saturated heterocycles. The van der Waals surface area contributed by atoms with E-state index in [1.54, 1.807) is 0 Å². The van der Waals surface area contributed by atoms with Gasteiger partial charge in [-0.3, -0.25) is 10.1 Å². The molecule has 2 fully saturated rings. The van der Waals surface area contributed by atoms with E-state index in [-0.39, 0.29) is 0 Å². The number of carbonyl (C=O) groups is 1. The van der Waals surface area contributed by atoms with Gasteiger partial charge in [-0.2, -0.15) is 11.8 Å². The summed E-state index contributed by atoms with van der Waals surface area (Å²) >= 11 is 1.98. The van der Waals surface area contributed by atoms with Gasteiger partial charge >= 0.3 is 5.97 Å². The second-order valence-corrected chi connectivity index (χ2v) is 7.35. The molecule has 0 aromatic heterocycles. The highest BCUT2D eigenvalue weighted by Crippen LogP contribution is 2.40. The maximum atomic E-state index is 11.6. The van der Waals surface area contributed by atoms with Crippen LogP contribution in [0.1, 0.15) is 52.4 Å². The van der Waals surface area contributed by atoms with E-state index < -0.39 is 11.5 Å². The minimum Gasteiger partial charge on any atom is -0.480 e. The smallest absolute Gasteiger partial charge is 0.323 e. The Balaban J connectivity index is 1.85. The molecule has 18 heavy (non-hydrogen) atoms. The van der Waals surface area contributed by atoms with E-state index in [0.717, 1.165) is 38.0 Å². The molecule has 2 aliphatic carbocycles. The summed E-state index contributed by atoms with van der Waals surface area (Å²) < 4.78 is 0. The second-order valence-electron chi connectivity index (χ2n) is 6.02. The lowest BCUT2D eigenvalue weighted by Gasteiger charge is -2.26. The average molecular weight is 271 g/mol. The van der Waals surface area contributed by atoms with Crippen LogP contribution in [0.2, 0.25) is 0 Å². The highest BCUT2D eigenvalue weighted by atomic mass is 32.2. The van der Waals surface area contributed by atoms with Crippen LogP contribution in [0.3, 0.4) is 0 Å². The third-order valence-electron chi connectivity index (χ3n) is 4.25. The minimum atomic E-state index is -0.638. The van der Waals surface area contributed by atoms with E-state index in [0.29, 0.717) is 11.3 Å². The summed E-state index contributed by atoms with van der Waals surface area (Å²) in [7, 11) is 0. The Bertz CT molecular complexity index is 306. The molecule has 2 aliphatic rings. The van der Waals surface area contributed by atoms with Crippen LogP contribution >= 0.6 is 11.8 Å². The van der Waals surface area contributed by atoms with Crippen molar-refractivity contribution in [3.05, 3.63) is 0 Å². The first-order valence-electron chi connectivity index (χ1n) is 7.18. The summed E-state index contributed by atoms with van der Waals surface area (Å²) in [4.78, 5) is 11.6. The number of nitrogens with one attached hydrogen (secondary N) is 1. The minimum absolute atomic E-state index is 0.472. The quantitative estimate of drug-likeness (QED) is 0.747. The first-order chi connectivity index (χ1) is 8.55. The van der Waals surface area contributed by atoms with E-state index in [1.165, 1.54) is 12.2 Å². The predicted octanol–water partition coefficient (Wildman–Crippen LogP) is 2.89. The first kappa shape index (κ1) is 14.2. The van der Waals surface area contributed by atoms with Crippen molar-refractivity contribution in [1.82, 2.24) is 5.32 Å². The van der Waals surface area contributed by atoms with Gasteiger partial charge in [0.25, 0.3) is 0 Å². The molecule has 0 amide bonds. The van der Waals surface area contributed by atoms with Crippen LogP contribution in [0.4, 0.5) is 0 Å². The topological polar surface area (TPSA) is 49.3 Å². The van der Waals surface area contributed by atoms with Crippen molar-refractivity contribution in [1.29, 1.82) is 0 Å². The second kappa shape index (κ2) is 5.83. The first-order valence-corrected chi connectivity index (χ1v) is 8.23. The lowest BCUT2D eigenvalue weighted by atomic mass is 9.98. The molecule has 2 N–H and O–H groups in total. The Labute approximate surface area is 114 Å². The third kappa shape index (κ3) is 3.41. The molecule has 3 nitrogen and oxygen atoms in total. The summed E-state index contributed by atoms with van der Waals surface area (Å²) in [5, 5.41) is 13.4. The number of thioether (sulfide) groups is 1. The molecule has 0 aromatic carbocycles. The largest absolute Gasteiger partial charge is 0.480 e. The van der Waals surface area contributed by atoms with Gasteiger partial charge in [0.05, 0.1) is 0 Å². The Morgan fingerprint density at radius 3 is 2.78 bits per heavy atom. The lowest BCUT2D eigenvalue weighted by Crippen LogP contribution is -2.51. The van der Waals surface area contributed by atoms with Gasteiger partial charge in [-0.1, -0.05) is 20.3 Å². The van der Waals surface area contributed by atoms with Gasteiger partial charge < -0.3 is 5.11 Å². The summed E-state index contributed by atoms with van der Waals surface area (Å²) in [5.74, 6) is 1.27. The number of rotatable bonds is 7. The van der Waals surface area contributed by atoms with Gasteiger partial charge in [-0.15, -0.1) is 0 Å². The van der Waals surface area contributed by atoms with Gasteiger partial charge in [0.1, 0.15) is 5.54 Å². The highest BCUT2D eigenvalue weighted by molar-refractivity contribution is 7.99. The van der Waals surface area contributed by atoms with Crippen LogP contribution in [0.25, 0.3) is 0 Å². The molecule has 0 bridgehead atoms. The van der Waals surface area contributed by atoms with Crippen LogP contribution in [0, 0.1) is 5.92 Å². The van der Waals surface area contributed by atoms with Crippen LogP contribution in [0.15, 0.2) is 0 Å². The molecule has 0 radical (unpaired) electrons. The fourth-order valence-corrected chi connectivity index (χ4v) is 4.09. The fourth-order valence-electron chi connectivity index (χ4n) is 2.57. The monoisotopic (exact) mass is 271 g/mol. The summed E-state index contributed by atoms with van der Waals surface area (Å²) in [5.41, 5.74) is -0.617. The van der Waals surface area contributed by atoms with Gasteiger partial charge in [-0.05, 0) is 43.8 Å². The number of carboxylic acids is 1. The van der Waals surface area contributed by atoms with Gasteiger partial charge in [0, 0.05) is 11.3 Å². The Morgan fingerprint density at radius 2 is 2.22 bits per heavy atom. The molecule has 104 valence electrons. The van der Waals surface area contributed by atoms with Crippen molar-refractivity contribution in [3.8, 4) is 0 Å². The van der Waals surface area contributed by atoms with E-state index in [4.69, 9.17) is 0 Å². The predicted molar refractivity (Wildman–Crippen MR) is 76.1 cm³/mol. The van der Waals surface area contributed by atoms with Crippen molar-refractivity contribution in [2.45, 2.75) is 69.2 Å². The van der Waals surface area contributed by atoms with Gasteiger partial charge in [-0.25, -0.2) is 0 Å². The number of hydrogen-bond acceptors (Lipinski definition) is 3. The summed E-state index contributed by atoms with van der Waals surface area (Å²) in [6.45, 7) is 4.49. The zero-order valence-electron chi connectivity index (χ0n) is 11.4. The van der Waals surface area contributed by atoms with E-state index >= 15 is 0 Å². The molecule has 0 aromatic rings. The summed E-state index contributed by atoms with van der Waals surface area (Å²) in [6.07, 6.45) is 6.17. The van der Waals surface area contributed by atoms with E-state index in [2.05, 4.69) is 19.2 Å². The standard InChI is InChI=1S/C14H25NO2S/c1-3-10(2)9-18-12-6-7-14(8-12,13(16)17)15-11-4-5-11/h10-12,15H,3-9H2,1-2H3,(H,16,17). The van der Waals surface area contributed by atoms with E-state index in [1.807, 2.05) is 11.8 Å². The molecule has 0 heterocycles. The van der Waals surface area contributed by atoms with Gasteiger partial charge in [0.15, 0.2) is 0 Å². The van der Waals surface area contributed by atoms with Crippen LogP contribution in [-0.2, 0) is 4.79 Å². The maximum Gasteiger partial charge on any atom is 0.323 e. The average Bonchev–Trinajstić information content (AvgIpc) is 3.05. The number of hydrogen-bond donors (Lipinski definition) is 2. The Morgan fingerprint density at radius 1 is 1.50 bits per heavy atom. The molecular formula is C14H25NO2S. The zero-order valence-corrected chi connectivity index (χ0v) is 12.3. The number of aliphatic carboxylic acids is 1. The molecule has 0 aliphatic heterocycles. The van der Waals surface area contributed by atoms with Crippen molar-refractivity contribution < 1.29 is 9.90 Å². The SMILES string of the molecule is CCC(C)CSC1CCC(NC2CC2)(C(=O)O)C1. The molecular weight excluding hydrogens is 246 g/mol. The van der Waals surface area contributed by atoms with E-state index in [9.17, 15) is 9.90 Å². The van der Waals surface area contributed by atoms with Crippen molar-refractivity contribution >= 4 is 17.7 Å². The molecule has 0 spiro atoms. The maximum absolute atomic E-state index is 11.6. The third-order valence-corrected chi connectivity index (χ3v) is 5.89. The molecule has 4 heteroatoms. The van der Waals surface area contributed by atoms with Crippen molar-refractivity contribution in [3.63, 3.8) is 0 Å². The Hall–Kier alpha value is -0.220. The molecule has 2 rings (SSSR count). The molecule has 3 unspecified atom stereocenters. The lowest BCUT2D eigenvalue weighted by molar-refractivity contribution is -0.144. The normalized spacial score (nSPS) is 33.6. The van der Waals surface area contributed by atoms with Crippen LogP contribution in [-0.4, -0.2) is 33.7 Å². The zero-order chi connectivity index (χ0) is 13.2. The number of carboxylic acid groups (broad SMARTS) is 1. The fraction of sp³-hybridized carbons (Fsp3) is 0.929. The van der Waals surface area contributed by atoms with Gasteiger partial charge in [0.2, 0.25) is 0 Å². The van der Waals surface area contributed by atoms with Crippen LogP contribution in [0.5, 0.6) is 0 Å². The van der Waals surface area contributed by atoms with Crippen LogP contribution < -0.4 is 5.32 Å². The Kier molecular flexibility index (Phi) is 4.59. The molecule has 3 atom stereocenters. The highest BCUT2D eigenvalue weighted by Gasteiger charge is 2.48. The van der Waals surface area contributed by atoms with Crippen molar-refractivity contribution in [2.24, 2.45) is 5.92 Å². The molecule has 2 saturated carbocycles. The van der Waals surface area contributed by atoms with Crippen molar-refractivity contribution in [2.75, 3.05) is 5.75 Å². The summed E-state index contributed by atoms with van der Waals surface area (Å²) in [6, 6.07) is 0.472.